The number of nitrogens with zero attached hydrogens (tertiary/aromatic N) is 1. The fourth-order valence-electron chi connectivity index (χ4n) is 2.14. The normalized spacial score (nSPS) is 14.5. The van der Waals surface area contributed by atoms with Gasteiger partial charge in [0.05, 0.1) is 6.10 Å². The van der Waals surface area contributed by atoms with Crippen LogP contribution < -0.4 is 0 Å². The molecule has 2 nitrogen and oxygen atoms in total. The fourth-order valence-corrected chi connectivity index (χ4v) is 2.82. The largest absolute Gasteiger partial charge is 0.387 e. The average Bonchev–Trinajstić information content (AvgIpc) is 2.92. The van der Waals surface area contributed by atoms with Gasteiger partial charge in [-0.05, 0) is 48.3 Å². The second kappa shape index (κ2) is 6.85. The van der Waals surface area contributed by atoms with E-state index in [9.17, 15) is 5.11 Å². The SMILES string of the molecule is CC(Cc1ccsc1)N(C)CC(O)c1ccccc1. The predicted molar refractivity (Wildman–Crippen MR) is 81.5 cm³/mol. The second-order valence-corrected chi connectivity index (χ2v) is 5.83. The Balaban J connectivity index is 1.88. The van der Waals surface area contributed by atoms with Crippen LogP contribution in [0.5, 0.6) is 0 Å². The van der Waals surface area contributed by atoms with Crippen molar-refractivity contribution in [1.29, 1.82) is 0 Å². The topological polar surface area (TPSA) is 23.5 Å². The zero-order valence-corrected chi connectivity index (χ0v) is 12.3. The molecule has 1 N–H and O–H groups in total. The van der Waals surface area contributed by atoms with E-state index < -0.39 is 6.10 Å². The molecular formula is C16H21NOS. The van der Waals surface area contributed by atoms with Gasteiger partial charge in [-0.2, -0.15) is 11.3 Å². The van der Waals surface area contributed by atoms with E-state index in [-0.39, 0.29) is 0 Å². The second-order valence-electron chi connectivity index (χ2n) is 5.05. The van der Waals surface area contributed by atoms with Gasteiger partial charge in [-0.15, -0.1) is 0 Å². The highest BCUT2D eigenvalue weighted by molar-refractivity contribution is 7.07. The lowest BCUT2D eigenvalue weighted by atomic mass is 10.1. The van der Waals surface area contributed by atoms with Crippen molar-refractivity contribution >= 4 is 11.3 Å². The van der Waals surface area contributed by atoms with Crippen LogP contribution >= 0.6 is 11.3 Å². The summed E-state index contributed by atoms with van der Waals surface area (Å²) in [5.41, 5.74) is 2.36. The average molecular weight is 275 g/mol. The van der Waals surface area contributed by atoms with E-state index in [4.69, 9.17) is 0 Å². The lowest BCUT2D eigenvalue weighted by Gasteiger charge is -2.27. The van der Waals surface area contributed by atoms with E-state index in [1.807, 2.05) is 30.3 Å². The van der Waals surface area contributed by atoms with Crippen LogP contribution in [0, 0.1) is 0 Å². The molecule has 2 aromatic rings. The Morgan fingerprint density at radius 2 is 1.95 bits per heavy atom. The smallest absolute Gasteiger partial charge is 0.0916 e. The van der Waals surface area contributed by atoms with Crippen LogP contribution in [0.2, 0.25) is 0 Å². The molecule has 1 aromatic heterocycles. The number of aliphatic hydroxyl groups is 1. The van der Waals surface area contributed by atoms with Crippen molar-refractivity contribution < 1.29 is 5.11 Å². The number of hydrogen-bond donors (Lipinski definition) is 1. The number of hydrogen-bond acceptors (Lipinski definition) is 3. The van der Waals surface area contributed by atoms with Crippen LogP contribution in [0.15, 0.2) is 47.2 Å². The van der Waals surface area contributed by atoms with Crippen LogP contribution in [0.3, 0.4) is 0 Å². The van der Waals surface area contributed by atoms with Gasteiger partial charge in [-0.3, -0.25) is 0 Å². The maximum absolute atomic E-state index is 10.2. The summed E-state index contributed by atoms with van der Waals surface area (Å²) < 4.78 is 0. The molecule has 2 unspecified atom stereocenters. The van der Waals surface area contributed by atoms with Crippen molar-refractivity contribution in [2.24, 2.45) is 0 Å². The van der Waals surface area contributed by atoms with Crippen LogP contribution in [0.4, 0.5) is 0 Å². The van der Waals surface area contributed by atoms with Crippen LogP contribution in [-0.2, 0) is 6.42 Å². The number of benzene rings is 1. The minimum absolute atomic E-state index is 0.420. The van der Waals surface area contributed by atoms with Gasteiger partial charge in [-0.25, -0.2) is 0 Å². The third kappa shape index (κ3) is 4.16. The van der Waals surface area contributed by atoms with Crippen LogP contribution in [0.25, 0.3) is 0 Å². The first-order valence-corrected chi connectivity index (χ1v) is 7.55. The van der Waals surface area contributed by atoms with Crippen molar-refractivity contribution in [3.8, 4) is 0 Å². The first-order valence-electron chi connectivity index (χ1n) is 6.61. The Hall–Kier alpha value is -1.16. The minimum Gasteiger partial charge on any atom is -0.387 e. The summed E-state index contributed by atoms with van der Waals surface area (Å²) in [7, 11) is 2.07. The number of aliphatic hydroxyl groups excluding tert-OH is 1. The van der Waals surface area contributed by atoms with E-state index in [1.54, 1.807) is 11.3 Å². The Morgan fingerprint density at radius 1 is 1.21 bits per heavy atom. The maximum Gasteiger partial charge on any atom is 0.0916 e. The molecule has 3 heteroatoms. The molecule has 0 fully saturated rings. The summed E-state index contributed by atoms with van der Waals surface area (Å²) in [6.45, 7) is 2.87. The van der Waals surface area contributed by atoms with Gasteiger partial charge in [0.1, 0.15) is 0 Å². The third-order valence-corrected chi connectivity index (χ3v) is 4.24. The van der Waals surface area contributed by atoms with Crippen molar-refractivity contribution in [3.63, 3.8) is 0 Å². The molecule has 1 heterocycles. The zero-order valence-electron chi connectivity index (χ0n) is 11.5. The molecule has 2 rings (SSSR count). The van der Waals surface area contributed by atoms with E-state index in [0.717, 1.165) is 12.0 Å². The van der Waals surface area contributed by atoms with Gasteiger partial charge in [0.15, 0.2) is 0 Å². The lowest BCUT2D eigenvalue weighted by Crippen LogP contribution is -2.34. The molecule has 0 radical (unpaired) electrons. The van der Waals surface area contributed by atoms with Crippen LogP contribution in [0.1, 0.15) is 24.2 Å². The molecule has 0 saturated heterocycles. The lowest BCUT2D eigenvalue weighted by molar-refractivity contribution is 0.108. The van der Waals surface area contributed by atoms with Crippen molar-refractivity contribution in [1.82, 2.24) is 4.90 Å². The Labute approximate surface area is 119 Å². The minimum atomic E-state index is -0.420. The third-order valence-electron chi connectivity index (χ3n) is 3.51. The molecule has 2 atom stereocenters. The Kier molecular flexibility index (Phi) is 5.14. The van der Waals surface area contributed by atoms with Crippen LogP contribution in [-0.4, -0.2) is 29.6 Å². The van der Waals surface area contributed by atoms with Gasteiger partial charge in [0, 0.05) is 12.6 Å². The van der Waals surface area contributed by atoms with Gasteiger partial charge < -0.3 is 10.0 Å². The monoisotopic (exact) mass is 275 g/mol. The van der Waals surface area contributed by atoms with Crippen molar-refractivity contribution in [3.05, 3.63) is 58.3 Å². The summed E-state index contributed by atoms with van der Waals surface area (Å²) in [4.78, 5) is 2.22. The molecule has 19 heavy (non-hydrogen) atoms. The molecule has 0 bridgehead atoms. The highest BCUT2D eigenvalue weighted by Crippen LogP contribution is 2.16. The molecule has 0 aliphatic rings. The quantitative estimate of drug-likeness (QED) is 0.874. The molecule has 0 spiro atoms. The van der Waals surface area contributed by atoms with Crippen molar-refractivity contribution in [2.75, 3.05) is 13.6 Å². The fraction of sp³-hybridized carbons (Fsp3) is 0.375. The molecule has 0 saturated carbocycles. The van der Waals surface area contributed by atoms with Gasteiger partial charge in [0.2, 0.25) is 0 Å². The van der Waals surface area contributed by atoms with E-state index in [1.165, 1.54) is 5.56 Å². The number of thiophene rings is 1. The van der Waals surface area contributed by atoms with E-state index >= 15 is 0 Å². The summed E-state index contributed by atoms with van der Waals surface area (Å²) in [5.74, 6) is 0. The number of rotatable bonds is 6. The Morgan fingerprint density at radius 3 is 2.58 bits per heavy atom. The van der Waals surface area contributed by atoms with Gasteiger partial charge in [-0.1, -0.05) is 30.3 Å². The zero-order chi connectivity index (χ0) is 13.7. The first-order chi connectivity index (χ1) is 9.16. The molecule has 0 amide bonds. The van der Waals surface area contributed by atoms with Crippen molar-refractivity contribution in [2.45, 2.75) is 25.5 Å². The summed E-state index contributed by atoms with van der Waals surface area (Å²) >= 11 is 1.74. The molecule has 102 valence electrons. The first kappa shape index (κ1) is 14.3. The van der Waals surface area contributed by atoms with Gasteiger partial charge >= 0.3 is 0 Å². The maximum atomic E-state index is 10.2. The van der Waals surface area contributed by atoms with Gasteiger partial charge in [0.25, 0.3) is 0 Å². The molecule has 1 aromatic carbocycles. The van der Waals surface area contributed by atoms with E-state index in [0.29, 0.717) is 12.6 Å². The Bertz CT molecular complexity index is 469. The number of likely N-dealkylation sites (N-methyl/N-ethyl adjacent to an activating group) is 1. The molecule has 0 aliphatic carbocycles. The highest BCUT2D eigenvalue weighted by Gasteiger charge is 2.15. The highest BCUT2D eigenvalue weighted by atomic mass is 32.1. The molecule has 0 aliphatic heterocycles. The van der Waals surface area contributed by atoms with E-state index in [2.05, 4.69) is 35.7 Å². The summed E-state index contributed by atoms with van der Waals surface area (Å²) in [6.07, 6.45) is 0.609. The predicted octanol–water partition coefficient (Wildman–Crippen LogP) is 3.34. The molecular weight excluding hydrogens is 254 g/mol. The standard InChI is InChI=1S/C16H21NOS/c1-13(10-14-8-9-19-12-14)17(2)11-16(18)15-6-4-3-5-7-15/h3-9,12-13,16,18H,10-11H2,1-2H3. The summed E-state index contributed by atoms with van der Waals surface area (Å²) in [5, 5.41) is 14.5. The summed E-state index contributed by atoms with van der Waals surface area (Å²) in [6, 6.07) is 12.4.